The van der Waals surface area contributed by atoms with Gasteiger partial charge in [-0.25, -0.2) is 4.39 Å². The van der Waals surface area contributed by atoms with Crippen LogP contribution in [0.2, 0.25) is 0 Å². The van der Waals surface area contributed by atoms with Crippen LogP contribution >= 0.6 is 0 Å². The third-order valence-electron chi connectivity index (χ3n) is 3.01. The van der Waals surface area contributed by atoms with Gasteiger partial charge in [-0.1, -0.05) is 12.1 Å². The van der Waals surface area contributed by atoms with Gasteiger partial charge in [0.2, 0.25) is 0 Å². The van der Waals surface area contributed by atoms with Crippen molar-refractivity contribution in [2.75, 3.05) is 26.8 Å². The van der Waals surface area contributed by atoms with Crippen LogP contribution in [0, 0.1) is 11.7 Å². The maximum Gasteiger partial charge on any atom is 0.123 e. The van der Waals surface area contributed by atoms with E-state index in [4.69, 9.17) is 4.74 Å². The van der Waals surface area contributed by atoms with Gasteiger partial charge in [-0.15, -0.1) is 0 Å². The molecular weight excluding hydrogens is 229 g/mol. The highest BCUT2D eigenvalue weighted by Crippen LogP contribution is 2.14. The van der Waals surface area contributed by atoms with Gasteiger partial charge < -0.3 is 10.1 Å². The molecule has 102 valence electrons. The summed E-state index contributed by atoms with van der Waals surface area (Å²) in [6.07, 6.45) is 3.09. The summed E-state index contributed by atoms with van der Waals surface area (Å²) in [4.78, 5) is 0. The molecule has 0 amide bonds. The zero-order valence-corrected chi connectivity index (χ0v) is 11.4. The van der Waals surface area contributed by atoms with E-state index >= 15 is 0 Å². The van der Waals surface area contributed by atoms with Gasteiger partial charge in [0.15, 0.2) is 0 Å². The van der Waals surface area contributed by atoms with E-state index in [1.807, 2.05) is 20.0 Å². The molecule has 0 radical (unpaired) electrons. The Bertz CT molecular complexity index is 330. The first-order valence-corrected chi connectivity index (χ1v) is 6.73. The van der Waals surface area contributed by atoms with Crippen molar-refractivity contribution in [1.82, 2.24) is 5.32 Å². The number of halogens is 1. The zero-order chi connectivity index (χ0) is 13.2. The molecular formula is C15H24FNO. The molecule has 1 rings (SSSR count). The molecule has 0 saturated carbocycles. The van der Waals surface area contributed by atoms with Gasteiger partial charge in [-0.2, -0.15) is 0 Å². The number of nitrogens with one attached hydrogen (secondary N) is 1. The van der Waals surface area contributed by atoms with E-state index in [-0.39, 0.29) is 5.82 Å². The summed E-state index contributed by atoms with van der Waals surface area (Å²) in [6, 6.07) is 6.90. The second-order valence-corrected chi connectivity index (χ2v) is 4.60. The van der Waals surface area contributed by atoms with Gasteiger partial charge in [0.05, 0.1) is 0 Å². The Hall–Kier alpha value is -0.930. The average molecular weight is 253 g/mol. The van der Waals surface area contributed by atoms with Crippen LogP contribution < -0.4 is 5.32 Å². The monoisotopic (exact) mass is 253 g/mol. The molecule has 1 atom stereocenters. The molecule has 0 spiro atoms. The Labute approximate surface area is 110 Å². The van der Waals surface area contributed by atoms with E-state index in [9.17, 15) is 4.39 Å². The van der Waals surface area contributed by atoms with Gasteiger partial charge in [0.1, 0.15) is 5.82 Å². The highest BCUT2D eigenvalue weighted by molar-refractivity contribution is 5.16. The summed E-state index contributed by atoms with van der Waals surface area (Å²) in [5, 5.41) is 3.21. The molecule has 0 aliphatic carbocycles. The number of hydrogen-bond acceptors (Lipinski definition) is 2. The van der Waals surface area contributed by atoms with Crippen LogP contribution in [0.3, 0.4) is 0 Å². The van der Waals surface area contributed by atoms with Crippen LogP contribution in [0.5, 0.6) is 0 Å². The van der Waals surface area contributed by atoms with Crippen LogP contribution in [-0.4, -0.2) is 26.8 Å². The van der Waals surface area contributed by atoms with E-state index in [0.717, 1.165) is 44.6 Å². The Morgan fingerprint density at radius 2 is 2.22 bits per heavy atom. The SMILES string of the molecule is CCOCCCC(CNC)Cc1cccc(F)c1. The molecule has 0 aromatic heterocycles. The highest BCUT2D eigenvalue weighted by Gasteiger charge is 2.09. The van der Waals surface area contributed by atoms with Crippen LogP contribution in [0.15, 0.2) is 24.3 Å². The fraction of sp³-hybridized carbons (Fsp3) is 0.600. The number of benzene rings is 1. The molecule has 0 saturated heterocycles. The van der Waals surface area contributed by atoms with Crippen molar-refractivity contribution < 1.29 is 9.13 Å². The normalized spacial score (nSPS) is 12.6. The maximum atomic E-state index is 13.1. The van der Waals surface area contributed by atoms with Crippen LogP contribution in [0.25, 0.3) is 0 Å². The Kier molecular flexibility index (Phi) is 7.62. The predicted octanol–water partition coefficient (Wildman–Crippen LogP) is 3.02. The van der Waals surface area contributed by atoms with Crippen LogP contribution in [0.1, 0.15) is 25.3 Å². The lowest BCUT2D eigenvalue weighted by molar-refractivity contribution is 0.139. The first-order chi connectivity index (χ1) is 8.76. The fourth-order valence-corrected chi connectivity index (χ4v) is 2.18. The molecule has 0 bridgehead atoms. The lowest BCUT2D eigenvalue weighted by atomic mass is 9.95. The van der Waals surface area contributed by atoms with Crippen molar-refractivity contribution in [3.63, 3.8) is 0 Å². The fourth-order valence-electron chi connectivity index (χ4n) is 2.18. The summed E-state index contributed by atoms with van der Waals surface area (Å²) < 4.78 is 18.5. The standard InChI is InChI=1S/C15H24FNO/c1-3-18-9-5-7-14(12-17-2)10-13-6-4-8-15(16)11-13/h4,6,8,11,14,17H,3,5,7,9-10,12H2,1-2H3. The molecule has 1 unspecified atom stereocenters. The molecule has 2 nitrogen and oxygen atoms in total. The minimum Gasteiger partial charge on any atom is -0.382 e. The molecule has 0 aliphatic heterocycles. The van der Waals surface area contributed by atoms with Gasteiger partial charge in [-0.05, 0) is 63.4 Å². The van der Waals surface area contributed by atoms with Gasteiger partial charge >= 0.3 is 0 Å². The molecule has 1 N–H and O–H groups in total. The first kappa shape index (κ1) is 15.1. The first-order valence-electron chi connectivity index (χ1n) is 6.73. The number of rotatable bonds is 9. The van der Waals surface area contributed by atoms with Crippen LogP contribution in [-0.2, 0) is 11.2 Å². The average Bonchev–Trinajstić information content (AvgIpc) is 2.35. The van der Waals surface area contributed by atoms with Gasteiger partial charge in [0.25, 0.3) is 0 Å². The smallest absolute Gasteiger partial charge is 0.123 e. The molecule has 0 aliphatic rings. The highest BCUT2D eigenvalue weighted by atomic mass is 19.1. The zero-order valence-electron chi connectivity index (χ0n) is 11.4. The lowest BCUT2D eigenvalue weighted by Gasteiger charge is -2.16. The van der Waals surface area contributed by atoms with E-state index in [1.165, 1.54) is 6.07 Å². The molecule has 0 fully saturated rings. The molecule has 1 aromatic carbocycles. The molecule has 3 heteroatoms. The third kappa shape index (κ3) is 6.12. The van der Waals surface area contributed by atoms with Crippen molar-refractivity contribution in [3.05, 3.63) is 35.6 Å². The van der Waals surface area contributed by atoms with Crippen molar-refractivity contribution in [2.45, 2.75) is 26.2 Å². The predicted molar refractivity (Wildman–Crippen MR) is 73.2 cm³/mol. The van der Waals surface area contributed by atoms with E-state index < -0.39 is 0 Å². The van der Waals surface area contributed by atoms with Gasteiger partial charge in [0, 0.05) is 13.2 Å². The van der Waals surface area contributed by atoms with Crippen molar-refractivity contribution >= 4 is 0 Å². The summed E-state index contributed by atoms with van der Waals surface area (Å²) in [7, 11) is 1.96. The third-order valence-corrected chi connectivity index (χ3v) is 3.01. The molecule has 18 heavy (non-hydrogen) atoms. The quantitative estimate of drug-likeness (QED) is 0.683. The minimum atomic E-state index is -0.148. The Balaban J connectivity index is 2.41. The topological polar surface area (TPSA) is 21.3 Å². The second kappa shape index (κ2) is 9.06. The van der Waals surface area contributed by atoms with E-state index in [1.54, 1.807) is 12.1 Å². The second-order valence-electron chi connectivity index (χ2n) is 4.60. The van der Waals surface area contributed by atoms with Crippen molar-refractivity contribution in [1.29, 1.82) is 0 Å². The summed E-state index contributed by atoms with van der Waals surface area (Å²) in [5.41, 5.74) is 1.08. The van der Waals surface area contributed by atoms with Crippen molar-refractivity contribution in [2.24, 2.45) is 5.92 Å². The number of hydrogen-bond donors (Lipinski definition) is 1. The van der Waals surface area contributed by atoms with Crippen molar-refractivity contribution in [3.8, 4) is 0 Å². The number of ether oxygens (including phenoxy) is 1. The van der Waals surface area contributed by atoms with Crippen LogP contribution in [0.4, 0.5) is 4.39 Å². The Morgan fingerprint density at radius 1 is 1.39 bits per heavy atom. The molecule has 0 heterocycles. The maximum absolute atomic E-state index is 13.1. The minimum absolute atomic E-state index is 0.148. The summed E-state index contributed by atoms with van der Waals surface area (Å²) in [6.45, 7) is 4.57. The molecule has 1 aromatic rings. The lowest BCUT2D eigenvalue weighted by Crippen LogP contribution is -2.21. The summed E-state index contributed by atoms with van der Waals surface area (Å²) >= 11 is 0. The van der Waals surface area contributed by atoms with E-state index in [2.05, 4.69) is 5.32 Å². The summed E-state index contributed by atoms with van der Waals surface area (Å²) in [5.74, 6) is 0.391. The van der Waals surface area contributed by atoms with E-state index in [0.29, 0.717) is 5.92 Å². The Morgan fingerprint density at radius 3 is 2.89 bits per heavy atom. The largest absolute Gasteiger partial charge is 0.382 e. The van der Waals surface area contributed by atoms with Gasteiger partial charge in [-0.3, -0.25) is 0 Å².